The van der Waals surface area contributed by atoms with Crippen LogP contribution >= 0.6 is 0 Å². The molecule has 2 aromatic heterocycles. The van der Waals surface area contributed by atoms with Gasteiger partial charge in [-0.15, -0.1) is 0 Å². The molecule has 2 aromatic carbocycles. The Morgan fingerprint density at radius 2 is 1.73 bits per heavy atom. The number of nitrogens with zero attached hydrogens (tertiary/aromatic N) is 5. The zero-order valence-electron chi connectivity index (χ0n) is 19.6. The van der Waals surface area contributed by atoms with Gasteiger partial charge in [-0.25, -0.2) is 9.97 Å². The summed E-state index contributed by atoms with van der Waals surface area (Å²) in [6, 6.07) is 13.6. The summed E-state index contributed by atoms with van der Waals surface area (Å²) < 4.78 is 7.24. The topological polar surface area (TPSA) is 85.2 Å². The van der Waals surface area contributed by atoms with Gasteiger partial charge < -0.3 is 15.0 Å². The number of benzene rings is 2. The van der Waals surface area contributed by atoms with Crippen LogP contribution in [-0.2, 0) is 7.05 Å². The zero-order valence-corrected chi connectivity index (χ0v) is 19.6. The molecule has 170 valence electrons. The molecule has 8 nitrogen and oxygen atoms in total. The molecule has 0 radical (unpaired) electrons. The predicted molar refractivity (Wildman–Crippen MR) is 131 cm³/mol. The lowest BCUT2D eigenvalue weighted by molar-refractivity contribution is 0.261. The molecule has 0 aliphatic rings. The smallest absolute Gasteiger partial charge is 0.278 e. The third kappa shape index (κ3) is 5.18. The van der Waals surface area contributed by atoms with E-state index in [1.807, 2.05) is 64.3 Å². The Bertz CT molecular complexity index is 1330. The lowest BCUT2D eigenvalue weighted by Crippen LogP contribution is -2.22. The van der Waals surface area contributed by atoms with Gasteiger partial charge in [0.1, 0.15) is 23.6 Å². The van der Waals surface area contributed by atoms with Crippen LogP contribution in [0.5, 0.6) is 5.75 Å². The standard InChI is InChI=1S/C25H28N6O2/c1-16-12-17(2)14-18(13-16)22-24(32)31(5)23-21(28-22)15-26-25(29-23)27-19-6-8-20(9-7-19)33-11-10-30(3)4/h6-9,12-15H,10-11H2,1-5H3,(H,26,27,29). The second kappa shape index (κ2) is 9.38. The van der Waals surface area contributed by atoms with Crippen molar-refractivity contribution in [2.24, 2.45) is 7.05 Å². The van der Waals surface area contributed by atoms with Gasteiger partial charge in [0, 0.05) is 24.8 Å². The summed E-state index contributed by atoms with van der Waals surface area (Å²) in [6.07, 6.45) is 1.63. The lowest BCUT2D eigenvalue weighted by atomic mass is 10.1. The largest absolute Gasteiger partial charge is 0.492 e. The van der Waals surface area contributed by atoms with Crippen molar-refractivity contribution in [3.8, 4) is 17.0 Å². The Morgan fingerprint density at radius 1 is 1.03 bits per heavy atom. The minimum Gasteiger partial charge on any atom is -0.492 e. The van der Waals surface area contributed by atoms with E-state index in [4.69, 9.17) is 4.74 Å². The van der Waals surface area contributed by atoms with Crippen molar-refractivity contribution >= 4 is 22.8 Å². The van der Waals surface area contributed by atoms with Gasteiger partial charge in [-0.3, -0.25) is 9.36 Å². The number of nitrogens with one attached hydrogen (secondary N) is 1. The Morgan fingerprint density at radius 3 is 2.39 bits per heavy atom. The number of aromatic nitrogens is 4. The Balaban J connectivity index is 1.58. The number of anilines is 2. The normalized spacial score (nSPS) is 11.2. The number of likely N-dealkylation sites (N-methyl/N-ethyl adjacent to an activating group) is 1. The van der Waals surface area contributed by atoms with Gasteiger partial charge >= 0.3 is 0 Å². The van der Waals surface area contributed by atoms with E-state index in [0.717, 1.165) is 34.7 Å². The first kappa shape index (κ1) is 22.4. The maximum atomic E-state index is 13.0. The first-order valence-corrected chi connectivity index (χ1v) is 10.8. The molecular formula is C25H28N6O2. The summed E-state index contributed by atoms with van der Waals surface area (Å²) in [5, 5.41) is 3.18. The van der Waals surface area contributed by atoms with E-state index in [1.165, 1.54) is 4.57 Å². The fourth-order valence-corrected chi connectivity index (χ4v) is 3.58. The minimum atomic E-state index is -0.198. The molecule has 0 bridgehead atoms. The van der Waals surface area contributed by atoms with E-state index in [9.17, 15) is 4.79 Å². The predicted octanol–water partition coefficient (Wildman–Crippen LogP) is 3.69. The van der Waals surface area contributed by atoms with Crippen LogP contribution in [0, 0.1) is 13.8 Å². The van der Waals surface area contributed by atoms with Gasteiger partial charge in [0.25, 0.3) is 5.56 Å². The molecule has 0 amide bonds. The molecule has 0 aliphatic carbocycles. The van der Waals surface area contributed by atoms with E-state index < -0.39 is 0 Å². The first-order valence-electron chi connectivity index (χ1n) is 10.8. The molecule has 0 fully saturated rings. The highest BCUT2D eigenvalue weighted by atomic mass is 16.5. The molecule has 0 saturated carbocycles. The van der Waals surface area contributed by atoms with Crippen LogP contribution < -0.4 is 15.6 Å². The SMILES string of the molecule is Cc1cc(C)cc(-c2nc3cnc(Nc4ccc(OCCN(C)C)cc4)nc3n(C)c2=O)c1. The second-order valence-corrected chi connectivity index (χ2v) is 8.40. The monoisotopic (exact) mass is 444 g/mol. The molecule has 0 saturated heterocycles. The van der Waals surface area contributed by atoms with Gasteiger partial charge in [-0.05, 0) is 64.3 Å². The van der Waals surface area contributed by atoms with Gasteiger partial charge in [-0.1, -0.05) is 17.2 Å². The maximum Gasteiger partial charge on any atom is 0.278 e. The van der Waals surface area contributed by atoms with Gasteiger partial charge in [0.15, 0.2) is 5.65 Å². The molecule has 4 rings (SSSR count). The van der Waals surface area contributed by atoms with Gasteiger partial charge in [-0.2, -0.15) is 4.98 Å². The van der Waals surface area contributed by atoms with E-state index in [-0.39, 0.29) is 5.56 Å². The second-order valence-electron chi connectivity index (χ2n) is 8.40. The molecule has 8 heteroatoms. The zero-order chi connectivity index (χ0) is 23.5. The molecular weight excluding hydrogens is 416 g/mol. The average Bonchev–Trinajstić information content (AvgIpc) is 2.77. The van der Waals surface area contributed by atoms with E-state index >= 15 is 0 Å². The number of aryl methyl sites for hydroxylation is 3. The fourth-order valence-electron chi connectivity index (χ4n) is 3.58. The van der Waals surface area contributed by atoms with Crippen LogP contribution in [0.2, 0.25) is 0 Å². The number of hydrogen-bond acceptors (Lipinski definition) is 7. The van der Waals surface area contributed by atoms with Crippen molar-refractivity contribution < 1.29 is 4.74 Å². The third-order valence-electron chi connectivity index (χ3n) is 5.22. The molecule has 33 heavy (non-hydrogen) atoms. The first-order chi connectivity index (χ1) is 15.8. The highest BCUT2D eigenvalue weighted by molar-refractivity contribution is 5.75. The van der Waals surface area contributed by atoms with Crippen molar-refractivity contribution in [2.45, 2.75) is 13.8 Å². The van der Waals surface area contributed by atoms with Crippen LogP contribution in [0.3, 0.4) is 0 Å². The molecule has 0 atom stereocenters. The quantitative estimate of drug-likeness (QED) is 0.465. The number of ether oxygens (including phenoxy) is 1. The van der Waals surface area contributed by atoms with Crippen LogP contribution in [-0.4, -0.2) is 51.7 Å². The number of fused-ring (bicyclic) bond motifs is 1. The molecule has 0 aliphatic heterocycles. The van der Waals surface area contributed by atoms with Crippen molar-refractivity contribution in [3.63, 3.8) is 0 Å². The molecule has 0 unspecified atom stereocenters. The lowest BCUT2D eigenvalue weighted by Gasteiger charge is -2.12. The van der Waals surface area contributed by atoms with Crippen molar-refractivity contribution in [1.82, 2.24) is 24.4 Å². The van der Waals surface area contributed by atoms with Crippen molar-refractivity contribution in [2.75, 3.05) is 32.6 Å². The Kier molecular flexibility index (Phi) is 6.37. The Hall–Kier alpha value is -3.78. The summed E-state index contributed by atoms with van der Waals surface area (Å²) in [5.74, 6) is 1.19. The van der Waals surface area contributed by atoms with Crippen LogP contribution in [0.15, 0.2) is 53.5 Å². The highest BCUT2D eigenvalue weighted by Crippen LogP contribution is 2.21. The van der Waals surface area contributed by atoms with Crippen LogP contribution in [0.4, 0.5) is 11.6 Å². The van der Waals surface area contributed by atoms with Crippen LogP contribution in [0.25, 0.3) is 22.4 Å². The third-order valence-corrected chi connectivity index (χ3v) is 5.22. The minimum absolute atomic E-state index is 0.198. The molecule has 2 heterocycles. The van der Waals surface area contributed by atoms with Gasteiger partial charge in [0.2, 0.25) is 5.95 Å². The number of hydrogen-bond donors (Lipinski definition) is 1. The maximum absolute atomic E-state index is 13.0. The molecule has 4 aromatic rings. The molecule has 0 spiro atoms. The Labute approximate surface area is 192 Å². The summed E-state index contributed by atoms with van der Waals surface area (Å²) in [6.45, 7) is 5.48. The number of rotatable bonds is 7. The summed E-state index contributed by atoms with van der Waals surface area (Å²) in [5.41, 5.74) is 5.00. The van der Waals surface area contributed by atoms with Crippen molar-refractivity contribution in [1.29, 1.82) is 0 Å². The van der Waals surface area contributed by atoms with Gasteiger partial charge in [0.05, 0.1) is 6.20 Å². The molecule has 1 N–H and O–H groups in total. The fraction of sp³-hybridized carbons (Fsp3) is 0.280. The van der Waals surface area contributed by atoms with E-state index in [1.54, 1.807) is 13.2 Å². The van der Waals surface area contributed by atoms with E-state index in [0.29, 0.717) is 29.4 Å². The van der Waals surface area contributed by atoms with Crippen LogP contribution in [0.1, 0.15) is 11.1 Å². The summed E-state index contributed by atoms with van der Waals surface area (Å²) in [4.78, 5) is 28.6. The van der Waals surface area contributed by atoms with E-state index in [2.05, 4.69) is 31.2 Å². The average molecular weight is 445 g/mol. The summed E-state index contributed by atoms with van der Waals surface area (Å²) >= 11 is 0. The van der Waals surface area contributed by atoms with Crippen molar-refractivity contribution in [3.05, 3.63) is 70.1 Å². The highest BCUT2D eigenvalue weighted by Gasteiger charge is 2.14. The summed E-state index contributed by atoms with van der Waals surface area (Å²) in [7, 11) is 5.72.